The zero-order valence-electron chi connectivity index (χ0n) is 20.9. The van der Waals surface area contributed by atoms with E-state index in [2.05, 4.69) is 4.74 Å². The first-order valence-corrected chi connectivity index (χ1v) is 11.5. The highest BCUT2D eigenvalue weighted by Crippen LogP contribution is 2.62. The van der Waals surface area contributed by atoms with Gasteiger partial charge in [0.05, 0.1) is 59.5 Å². The van der Waals surface area contributed by atoms with Gasteiger partial charge in [-0.05, 0) is 0 Å². The van der Waals surface area contributed by atoms with Gasteiger partial charge in [-0.2, -0.15) is 65.9 Å². The molecule has 0 N–H and O–H groups in total. The van der Waals surface area contributed by atoms with Crippen molar-refractivity contribution in [3.63, 3.8) is 0 Å². The zero-order valence-corrected chi connectivity index (χ0v) is 20.9. The minimum Gasteiger partial charge on any atom is -0.378 e. The van der Waals surface area contributed by atoms with Crippen LogP contribution in [0.3, 0.4) is 0 Å². The topological polar surface area (TPSA) is 49.4 Å². The van der Waals surface area contributed by atoms with Gasteiger partial charge in [0.1, 0.15) is 6.61 Å². The molecule has 1 heterocycles. The van der Waals surface area contributed by atoms with Gasteiger partial charge in [0.25, 0.3) is 0 Å². The summed E-state index contributed by atoms with van der Waals surface area (Å²) in [6.07, 6.45) is -7.64. The number of hydrogen-bond acceptors (Lipinski definition) is 6. The van der Waals surface area contributed by atoms with Crippen LogP contribution < -0.4 is 0 Å². The fourth-order valence-corrected chi connectivity index (χ4v) is 2.97. The maximum Gasteiger partial charge on any atom is 0.460 e. The highest BCUT2D eigenvalue weighted by molar-refractivity contribution is 5.13. The quantitative estimate of drug-likeness (QED) is 0.253. The van der Waals surface area contributed by atoms with Crippen LogP contribution in [0.1, 0.15) is 0 Å². The molecule has 0 radical (unpaired) electrons. The second-order valence-corrected chi connectivity index (χ2v) is 8.42. The SMILES string of the molecule is FC(F)(F)C(F)(F)C(F)(F)C(F)(F)C(F)(F)C(F)(F)C(F)(F)COCCN1CCOCCOCCOCCOCC1. The summed E-state index contributed by atoms with van der Waals surface area (Å²) >= 11 is 0. The van der Waals surface area contributed by atoms with Crippen LogP contribution in [0.4, 0.5) is 65.9 Å². The third-order valence-electron chi connectivity index (χ3n) is 5.45. The van der Waals surface area contributed by atoms with Gasteiger partial charge in [-0.1, -0.05) is 0 Å². The molecule has 1 fully saturated rings. The molecule has 1 aliphatic rings. The van der Waals surface area contributed by atoms with E-state index in [1.54, 1.807) is 0 Å². The average molecular weight is 645 g/mol. The zero-order chi connectivity index (χ0) is 31.8. The van der Waals surface area contributed by atoms with Crippen molar-refractivity contribution in [2.45, 2.75) is 41.7 Å². The van der Waals surface area contributed by atoms with Gasteiger partial charge >= 0.3 is 41.7 Å². The van der Waals surface area contributed by atoms with E-state index in [1.165, 1.54) is 4.90 Å². The summed E-state index contributed by atoms with van der Waals surface area (Å²) < 4.78 is 224. The van der Waals surface area contributed by atoms with Crippen molar-refractivity contribution in [2.24, 2.45) is 0 Å². The van der Waals surface area contributed by atoms with Gasteiger partial charge in [0, 0.05) is 19.6 Å². The van der Waals surface area contributed by atoms with Crippen LogP contribution in [0.15, 0.2) is 0 Å². The fraction of sp³-hybridized carbons (Fsp3) is 1.00. The Morgan fingerprint density at radius 1 is 0.463 bits per heavy atom. The van der Waals surface area contributed by atoms with E-state index in [0.29, 0.717) is 0 Å². The van der Waals surface area contributed by atoms with Crippen LogP contribution in [0.2, 0.25) is 0 Å². The maximum atomic E-state index is 13.9. The molecule has 0 aromatic rings. The standard InChI is InChI=1S/C20H26F15NO5/c21-14(22,15(23,24)16(25,26)17(27,28)18(29,30)19(31,32)20(33,34)35)13-41-6-3-36-1-4-37-7-9-39-11-12-40-10-8-38-5-2-36/h1-13H2. The molecule has 0 aliphatic carbocycles. The summed E-state index contributed by atoms with van der Waals surface area (Å²) in [6.45, 7) is -2.84. The highest BCUT2D eigenvalue weighted by Gasteiger charge is 2.93. The van der Waals surface area contributed by atoms with Crippen molar-refractivity contribution in [1.82, 2.24) is 4.90 Å². The number of nitrogens with zero attached hydrogens (tertiary/aromatic N) is 1. The van der Waals surface area contributed by atoms with E-state index in [-0.39, 0.29) is 65.9 Å². The molecule has 0 atom stereocenters. The van der Waals surface area contributed by atoms with Gasteiger partial charge in [-0.25, -0.2) is 0 Å². The van der Waals surface area contributed by atoms with Crippen molar-refractivity contribution in [1.29, 1.82) is 0 Å². The summed E-state index contributed by atoms with van der Waals surface area (Å²) in [5, 5.41) is 0. The van der Waals surface area contributed by atoms with E-state index in [1.807, 2.05) is 0 Å². The third-order valence-corrected chi connectivity index (χ3v) is 5.45. The first kappa shape index (κ1) is 37.7. The van der Waals surface area contributed by atoms with Crippen molar-refractivity contribution < 1.29 is 89.5 Å². The predicted molar refractivity (Wildman–Crippen MR) is 106 cm³/mol. The monoisotopic (exact) mass is 645 g/mol. The summed E-state index contributed by atoms with van der Waals surface area (Å²) in [5.74, 6) is -46.8. The third kappa shape index (κ3) is 8.64. The lowest BCUT2D eigenvalue weighted by atomic mass is 9.91. The number of halogens is 15. The Bertz CT molecular complexity index is 767. The van der Waals surface area contributed by atoms with E-state index >= 15 is 0 Å². The van der Waals surface area contributed by atoms with E-state index in [4.69, 9.17) is 18.9 Å². The van der Waals surface area contributed by atoms with Gasteiger partial charge < -0.3 is 23.7 Å². The first-order valence-electron chi connectivity index (χ1n) is 11.5. The minimum absolute atomic E-state index is 0.0200. The largest absolute Gasteiger partial charge is 0.460 e. The molecule has 6 nitrogen and oxygen atoms in total. The Hall–Kier alpha value is -1.29. The second-order valence-electron chi connectivity index (χ2n) is 8.42. The molecule has 41 heavy (non-hydrogen) atoms. The number of ether oxygens (including phenoxy) is 5. The molecule has 1 rings (SSSR count). The molecule has 0 aromatic carbocycles. The molecule has 0 unspecified atom stereocenters. The fourth-order valence-electron chi connectivity index (χ4n) is 2.97. The predicted octanol–water partition coefficient (Wildman–Crippen LogP) is 4.76. The Balaban J connectivity index is 2.88. The van der Waals surface area contributed by atoms with Crippen LogP contribution >= 0.6 is 0 Å². The second kappa shape index (κ2) is 14.5. The summed E-state index contributed by atoms with van der Waals surface area (Å²) in [4.78, 5) is 1.39. The molecular weight excluding hydrogens is 619 g/mol. The first-order chi connectivity index (χ1) is 18.6. The van der Waals surface area contributed by atoms with E-state index < -0.39 is 61.5 Å². The number of alkyl halides is 15. The molecule has 1 aliphatic heterocycles. The minimum atomic E-state index is -8.32. The number of hydrogen-bond donors (Lipinski definition) is 0. The summed E-state index contributed by atoms with van der Waals surface area (Å²) in [5.41, 5.74) is 0. The average Bonchev–Trinajstić information content (AvgIpc) is 2.85. The molecule has 0 aromatic heterocycles. The molecular formula is C20H26F15NO5. The van der Waals surface area contributed by atoms with Crippen LogP contribution in [-0.2, 0) is 23.7 Å². The van der Waals surface area contributed by atoms with Crippen molar-refractivity contribution in [2.75, 3.05) is 85.7 Å². The Kier molecular flexibility index (Phi) is 13.3. The smallest absolute Gasteiger partial charge is 0.378 e. The maximum absolute atomic E-state index is 13.9. The van der Waals surface area contributed by atoms with Crippen LogP contribution in [-0.4, -0.2) is 132 Å². The lowest BCUT2D eigenvalue weighted by Crippen LogP contribution is -2.73. The lowest BCUT2D eigenvalue weighted by Gasteiger charge is -2.41. The molecule has 0 amide bonds. The van der Waals surface area contributed by atoms with E-state index in [9.17, 15) is 65.9 Å². The van der Waals surface area contributed by atoms with Crippen molar-refractivity contribution in [3.8, 4) is 0 Å². The van der Waals surface area contributed by atoms with Gasteiger partial charge in [0.2, 0.25) is 0 Å². The van der Waals surface area contributed by atoms with E-state index in [0.717, 1.165) is 0 Å². The van der Waals surface area contributed by atoms with Crippen LogP contribution in [0, 0.1) is 0 Å². The van der Waals surface area contributed by atoms with Gasteiger partial charge in [0.15, 0.2) is 0 Å². The molecule has 0 spiro atoms. The number of rotatable bonds is 10. The molecule has 0 bridgehead atoms. The summed E-state index contributed by atoms with van der Waals surface area (Å²) in [7, 11) is 0. The van der Waals surface area contributed by atoms with Gasteiger partial charge in [-0.3, -0.25) is 4.90 Å². The van der Waals surface area contributed by atoms with Crippen molar-refractivity contribution in [3.05, 3.63) is 0 Å². The normalized spacial score (nSPS) is 20.0. The Morgan fingerprint density at radius 2 is 0.805 bits per heavy atom. The molecule has 21 heteroatoms. The Morgan fingerprint density at radius 3 is 1.20 bits per heavy atom. The molecule has 246 valence electrons. The Labute approximate surface area is 222 Å². The highest BCUT2D eigenvalue weighted by atomic mass is 19.4. The van der Waals surface area contributed by atoms with Gasteiger partial charge in [-0.15, -0.1) is 0 Å². The molecule has 0 saturated carbocycles. The lowest BCUT2D eigenvalue weighted by molar-refractivity contribution is -0.453. The van der Waals surface area contributed by atoms with Crippen LogP contribution in [0.25, 0.3) is 0 Å². The molecule has 1 saturated heterocycles. The van der Waals surface area contributed by atoms with Crippen LogP contribution in [0.5, 0.6) is 0 Å². The van der Waals surface area contributed by atoms with Crippen molar-refractivity contribution >= 4 is 0 Å². The summed E-state index contributed by atoms with van der Waals surface area (Å²) in [6, 6.07) is 0.